The third-order valence-corrected chi connectivity index (χ3v) is 3.04. The van der Waals surface area contributed by atoms with Crippen LogP contribution in [0.4, 0.5) is 5.69 Å². The van der Waals surface area contributed by atoms with E-state index in [1.165, 1.54) is 7.11 Å². The lowest BCUT2D eigenvalue weighted by Crippen LogP contribution is -2.24. The molecule has 0 spiro atoms. The number of hydrogen-bond acceptors (Lipinski definition) is 4. The van der Waals surface area contributed by atoms with Gasteiger partial charge >= 0.3 is 0 Å². The predicted molar refractivity (Wildman–Crippen MR) is 71.6 cm³/mol. The number of ether oxygens (including phenoxy) is 1. The molecule has 1 aliphatic carbocycles. The van der Waals surface area contributed by atoms with Gasteiger partial charge in [-0.3, -0.25) is 4.79 Å². The van der Waals surface area contributed by atoms with E-state index in [-0.39, 0.29) is 17.9 Å². The number of amides is 1. The lowest BCUT2D eigenvalue weighted by atomic mass is 10.1. The maximum Gasteiger partial charge on any atom is 0.231 e. The second kappa shape index (κ2) is 5.55. The van der Waals surface area contributed by atoms with Crippen molar-refractivity contribution in [3.05, 3.63) is 35.9 Å². The van der Waals surface area contributed by atoms with Gasteiger partial charge in [0, 0.05) is 12.1 Å². The molecule has 0 saturated carbocycles. The van der Waals surface area contributed by atoms with Gasteiger partial charge in [-0.05, 0) is 18.6 Å². The zero-order chi connectivity index (χ0) is 13.8. The molecule has 2 rings (SSSR count). The number of nitrogens with one attached hydrogen (secondary N) is 1. The van der Waals surface area contributed by atoms with E-state index in [1.807, 2.05) is 18.2 Å². The number of methoxy groups -OCH3 is 1. The van der Waals surface area contributed by atoms with Gasteiger partial charge in [0.05, 0.1) is 30.3 Å². The lowest BCUT2D eigenvalue weighted by molar-refractivity contribution is -0.118. The van der Waals surface area contributed by atoms with E-state index < -0.39 is 0 Å². The highest BCUT2D eigenvalue weighted by atomic mass is 16.5. The van der Waals surface area contributed by atoms with Crippen LogP contribution in [0.25, 0.3) is 0 Å². The Morgan fingerprint density at radius 2 is 2.32 bits per heavy atom. The Morgan fingerprint density at radius 3 is 2.89 bits per heavy atom. The second-order valence-electron chi connectivity index (χ2n) is 4.41. The Hall–Kier alpha value is -2.32. The first-order valence-electron chi connectivity index (χ1n) is 5.97. The van der Waals surface area contributed by atoms with Crippen molar-refractivity contribution in [2.24, 2.45) is 11.7 Å². The van der Waals surface area contributed by atoms with Crippen LogP contribution in [0.3, 0.4) is 0 Å². The molecule has 3 N–H and O–H groups in total. The number of anilines is 1. The molecule has 98 valence electrons. The average Bonchev–Trinajstić information content (AvgIpc) is 2.86. The highest BCUT2D eigenvalue weighted by Crippen LogP contribution is 2.27. The molecule has 2 atom stereocenters. The minimum atomic E-state index is -0.213. The molecular weight excluding hydrogens is 242 g/mol. The van der Waals surface area contributed by atoms with Crippen LogP contribution >= 0.6 is 0 Å². The summed E-state index contributed by atoms with van der Waals surface area (Å²) in [6.07, 6.45) is 4.26. The molecule has 1 aliphatic rings. The molecule has 5 heteroatoms. The van der Waals surface area contributed by atoms with Gasteiger partial charge in [-0.1, -0.05) is 12.2 Å². The van der Waals surface area contributed by atoms with Gasteiger partial charge in [0.1, 0.15) is 5.75 Å². The minimum absolute atomic E-state index is 0.0568. The van der Waals surface area contributed by atoms with E-state index in [2.05, 4.69) is 5.32 Å². The number of carbonyl (C=O) groups is 1. The Labute approximate surface area is 111 Å². The number of nitrogens with zero attached hydrogens (tertiary/aromatic N) is 1. The van der Waals surface area contributed by atoms with E-state index in [1.54, 1.807) is 18.2 Å². The van der Waals surface area contributed by atoms with Crippen molar-refractivity contribution >= 4 is 11.6 Å². The first-order chi connectivity index (χ1) is 9.13. The average molecular weight is 257 g/mol. The Kier molecular flexibility index (Phi) is 3.83. The van der Waals surface area contributed by atoms with Crippen LogP contribution < -0.4 is 15.8 Å². The van der Waals surface area contributed by atoms with Gasteiger partial charge in [0.2, 0.25) is 5.91 Å². The summed E-state index contributed by atoms with van der Waals surface area (Å²) in [5, 5.41) is 11.6. The fraction of sp³-hybridized carbons (Fsp3) is 0.286. The number of nitrogens with two attached hydrogens (primary N) is 1. The number of nitriles is 1. The molecule has 0 radical (unpaired) electrons. The van der Waals surface area contributed by atoms with E-state index in [4.69, 9.17) is 15.7 Å². The van der Waals surface area contributed by atoms with Crippen LogP contribution in [-0.4, -0.2) is 19.1 Å². The van der Waals surface area contributed by atoms with Gasteiger partial charge in [-0.25, -0.2) is 0 Å². The quantitative estimate of drug-likeness (QED) is 0.801. The second-order valence-corrected chi connectivity index (χ2v) is 4.41. The fourth-order valence-electron chi connectivity index (χ4n) is 2.01. The van der Waals surface area contributed by atoms with Crippen LogP contribution in [0.15, 0.2) is 30.4 Å². The Balaban J connectivity index is 2.13. The van der Waals surface area contributed by atoms with Crippen LogP contribution in [0.2, 0.25) is 0 Å². The largest absolute Gasteiger partial charge is 0.495 e. The van der Waals surface area contributed by atoms with Crippen molar-refractivity contribution in [2.45, 2.75) is 12.5 Å². The highest BCUT2D eigenvalue weighted by molar-refractivity contribution is 5.95. The molecule has 19 heavy (non-hydrogen) atoms. The van der Waals surface area contributed by atoms with Gasteiger partial charge in [0.25, 0.3) is 0 Å². The maximum absolute atomic E-state index is 12.0. The van der Waals surface area contributed by atoms with Gasteiger partial charge in [-0.15, -0.1) is 0 Å². The third kappa shape index (κ3) is 2.92. The topological polar surface area (TPSA) is 88.1 Å². The lowest BCUT2D eigenvalue weighted by Gasteiger charge is -2.13. The molecule has 1 aromatic rings. The Bertz CT molecular complexity index is 560. The maximum atomic E-state index is 12.0. The molecule has 1 amide bonds. The molecule has 5 nitrogen and oxygen atoms in total. The number of carbonyl (C=O) groups excluding carboxylic acids is 1. The van der Waals surface area contributed by atoms with Gasteiger partial charge < -0.3 is 15.8 Å². The molecule has 1 aromatic carbocycles. The van der Waals surface area contributed by atoms with Crippen LogP contribution in [0.5, 0.6) is 5.75 Å². The first-order valence-corrected chi connectivity index (χ1v) is 5.97. The summed E-state index contributed by atoms with van der Waals surface area (Å²) in [7, 11) is 1.50. The van der Waals surface area contributed by atoms with E-state index in [9.17, 15) is 4.79 Å². The molecule has 0 bridgehead atoms. The summed E-state index contributed by atoms with van der Waals surface area (Å²) in [5.74, 6) is 0.140. The Morgan fingerprint density at radius 1 is 1.53 bits per heavy atom. The molecule has 0 aliphatic heterocycles. The molecule has 0 heterocycles. The molecular formula is C14H15N3O2. The summed E-state index contributed by atoms with van der Waals surface area (Å²) >= 11 is 0. The van der Waals surface area contributed by atoms with E-state index in [0.29, 0.717) is 23.4 Å². The summed E-state index contributed by atoms with van der Waals surface area (Å²) < 4.78 is 5.16. The summed E-state index contributed by atoms with van der Waals surface area (Å²) in [4.78, 5) is 12.0. The fourth-order valence-corrected chi connectivity index (χ4v) is 2.01. The van der Waals surface area contributed by atoms with Crippen molar-refractivity contribution < 1.29 is 9.53 Å². The first kappa shape index (κ1) is 13.1. The standard InChI is InChI=1S/C14H15N3O2/c1-19-13-6-9(8-15)2-5-12(13)17-14(18)10-3-4-11(16)7-10/h2-6,10-11H,7,16H2,1H3,(H,17,18). The normalized spacial score (nSPS) is 20.9. The monoisotopic (exact) mass is 257 g/mol. The smallest absolute Gasteiger partial charge is 0.231 e. The van der Waals surface area contributed by atoms with Crippen molar-refractivity contribution in [2.75, 3.05) is 12.4 Å². The SMILES string of the molecule is COc1cc(C#N)ccc1NC(=O)C1C=CC(N)C1. The zero-order valence-electron chi connectivity index (χ0n) is 10.6. The van der Waals surface area contributed by atoms with Gasteiger partial charge in [0.15, 0.2) is 0 Å². The number of benzene rings is 1. The van der Waals surface area contributed by atoms with Crippen molar-refractivity contribution in [3.63, 3.8) is 0 Å². The molecule has 0 aromatic heterocycles. The summed E-state index contributed by atoms with van der Waals surface area (Å²) in [6.45, 7) is 0. The van der Waals surface area contributed by atoms with Crippen molar-refractivity contribution in [1.82, 2.24) is 0 Å². The van der Waals surface area contributed by atoms with Crippen LogP contribution in [0, 0.1) is 17.2 Å². The van der Waals surface area contributed by atoms with Crippen LogP contribution in [0.1, 0.15) is 12.0 Å². The zero-order valence-corrected chi connectivity index (χ0v) is 10.6. The summed E-state index contributed by atoms with van der Waals surface area (Å²) in [5.41, 5.74) is 6.76. The molecule has 2 unspecified atom stereocenters. The number of hydrogen-bond donors (Lipinski definition) is 2. The van der Waals surface area contributed by atoms with Gasteiger partial charge in [-0.2, -0.15) is 5.26 Å². The molecule has 0 fully saturated rings. The van der Waals surface area contributed by atoms with Crippen molar-refractivity contribution in [3.8, 4) is 11.8 Å². The number of rotatable bonds is 3. The van der Waals surface area contributed by atoms with E-state index in [0.717, 1.165) is 0 Å². The predicted octanol–water partition coefficient (Wildman–Crippen LogP) is 1.41. The van der Waals surface area contributed by atoms with Crippen LogP contribution in [-0.2, 0) is 4.79 Å². The minimum Gasteiger partial charge on any atom is -0.495 e. The van der Waals surface area contributed by atoms with Crippen molar-refractivity contribution in [1.29, 1.82) is 5.26 Å². The molecule has 0 saturated heterocycles. The van der Waals surface area contributed by atoms with E-state index >= 15 is 0 Å². The summed E-state index contributed by atoms with van der Waals surface area (Å²) in [6, 6.07) is 6.85. The third-order valence-electron chi connectivity index (χ3n) is 3.04. The highest BCUT2D eigenvalue weighted by Gasteiger charge is 2.23.